The fourth-order valence-electron chi connectivity index (χ4n) is 2.87. The van der Waals surface area contributed by atoms with Crippen molar-refractivity contribution in [3.8, 4) is 5.75 Å². The smallest absolute Gasteiger partial charge is 0.142 e. The standard InChI is InChI=1S/C17H27NO2/c1-2-14-7-5-8-15(13-14)19-11-6-12-20-17-10-4-3-9-16(17)18/h3-4,9-10,14-15H,2,5-8,11-13,18H2,1H3. The van der Waals surface area contributed by atoms with Gasteiger partial charge in [0.05, 0.1) is 25.0 Å². The van der Waals surface area contributed by atoms with Gasteiger partial charge in [0.25, 0.3) is 0 Å². The summed E-state index contributed by atoms with van der Waals surface area (Å²) in [4.78, 5) is 0. The number of ether oxygens (including phenoxy) is 2. The minimum atomic E-state index is 0.468. The van der Waals surface area contributed by atoms with E-state index in [9.17, 15) is 0 Å². The molecule has 1 aliphatic carbocycles. The molecular weight excluding hydrogens is 250 g/mol. The van der Waals surface area contributed by atoms with Crippen LogP contribution in [0.5, 0.6) is 5.75 Å². The number of para-hydroxylation sites is 2. The zero-order chi connectivity index (χ0) is 14.2. The van der Waals surface area contributed by atoms with Crippen LogP contribution in [-0.2, 0) is 4.74 Å². The summed E-state index contributed by atoms with van der Waals surface area (Å²) >= 11 is 0. The van der Waals surface area contributed by atoms with Crippen molar-refractivity contribution in [2.75, 3.05) is 18.9 Å². The topological polar surface area (TPSA) is 44.5 Å². The lowest BCUT2D eigenvalue weighted by molar-refractivity contribution is 0.00769. The van der Waals surface area contributed by atoms with Gasteiger partial charge in [0, 0.05) is 6.42 Å². The van der Waals surface area contributed by atoms with Gasteiger partial charge >= 0.3 is 0 Å². The molecule has 0 saturated heterocycles. The molecule has 3 heteroatoms. The van der Waals surface area contributed by atoms with E-state index < -0.39 is 0 Å². The highest BCUT2D eigenvalue weighted by Crippen LogP contribution is 2.28. The van der Waals surface area contributed by atoms with Crippen LogP contribution in [0.15, 0.2) is 24.3 Å². The number of anilines is 1. The second-order valence-electron chi connectivity index (χ2n) is 5.67. The van der Waals surface area contributed by atoms with Gasteiger partial charge in [-0.3, -0.25) is 0 Å². The highest BCUT2D eigenvalue weighted by molar-refractivity contribution is 5.51. The van der Waals surface area contributed by atoms with Gasteiger partial charge in [-0.15, -0.1) is 0 Å². The van der Waals surface area contributed by atoms with E-state index in [2.05, 4.69) is 6.92 Å². The van der Waals surface area contributed by atoms with Crippen LogP contribution in [0.3, 0.4) is 0 Å². The number of hydrogen-bond acceptors (Lipinski definition) is 3. The summed E-state index contributed by atoms with van der Waals surface area (Å²) in [5.41, 5.74) is 6.53. The van der Waals surface area contributed by atoms with E-state index >= 15 is 0 Å². The summed E-state index contributed by atoms with van der Waals surface area (Å²) in [7, 11) is 0. The van der Waals surface area contributed by atoms with E-state index in [1.165, 1.54) is 32.1 Å². The van der Waals surface area contributed by atoms with E-state index in [1.54, 1.807) is 0 Å². The van der Waals surface area contributed by atoms with Crippen LogP contribution >= 0.6 is 0 Å². The van der Waals surface area contributed by atoms with Crippen LogP contribution in [0.1, 0.15) is 45.4 Å². The van der Waals surface area contributed by atoms with Crippen LogP contribution in [0, 0.1) is 5.92 Å². The van der Waals surface area contributed by atoms with Gasteiger partial charge in [0.1, 0.15) is 5.75 Å². The number of nitrogen functional groups attached to an aromatic ring is 1. The molecule has 0 amide bonds. The first-order valence-electron chi connectivity index (χ1n) is 7.88. The van der Waals surface area contributed by atoms with Crippen molar-refractivity contribution in [3.63, 3.8) is 0 Å². The normalized spacial score (nSPS) is 22.6. The van der Waals surface area contributed by atoms with Crippen molar-refractivity contribution in [2.45, 2.75) is 51.6 Å². The van der Waals surface area contributed by atoms with Gasteiger partial charge in [-0.05, 0) is 30.9 Å². The Bertz CT molecular complexity index is 394. The van der Waals surface area contributed by atoms with Gasteiger partial charge in [-0.1, -0.05) is 38.3 Å². The summed E-state index contributed by atoms with van der Waals surface area (Å²) < 4.78 is 11.6. The third kappa shape index (κ3) is 4.71. The third-order valence-corrected chi connectivity index (χ3v) is 4.13. The predicted octanol–water partition coefficient (Wildman–Crippen LogP) is 4.02. The summed E-state index contributed by atoms with van der Waals surface area (Å²) in [6.45, 7) is 3.73. The summed E-state index contributed by atoms with van der Waals surface area (Å²) in [5, 5.41) is 0. The molecule has 2 N–H and O–H groups in total. The number of rotatable bonds is 7. The highest BCUT2D eigenvalue weighted by atomic mass is 16.5. The van der Waals surface area contributed by atoms with E-state index in [4.69, 9.17) is 15.2 Å². The van der Waals surface area contributed by atoms with Crippen LogP contribution in [0.2, 0.25) is 0 Å². The van der Waals surface area contributed by atoms with E-state index in [0.717, 1.165) is 24.7 Å². The lowest BCUT2D eigenvalue weighted by atomic mass is 9.85. The fraction of sp³-hybridized carbons (Fsp3) is 0.647. The Hall–Kier alpha value is -1.22. The Morgan fingerprint density at radius 1 is 1.20 bits per heavy atom. The van der Waals surface area contributed by atoms with Crippen LogP contribution in [-0.4, -0.2) is 19.3 Å². The van der Waals surface area contributed by atoms with Gasteiger partial charge in [0.2, 0.25) is 0 Å². The molecular formula is C17H27NO2. The molecule has 0 aromatic heterocycles. The Labute approximate surface area is 122 Å². The Balaban J connectivity index is 1.59. The van der Waals surface area contributed by atoms with Gasteiger partial charge in [-0.25, -0.2) is 0 Å². The van der Waals surface area contributed by atoms with Crippen LogP contribution in [0.25, 0.3) is 0 Å². The van der Waals surface area contributed by atoms with Crippen molar-refractivity contribution >= 4 is 5.69 Å². The van der Waals surface area contributed by atoms with Crippen LogP contribution in [0.4, 0.5) is 5.69 Å². The van der Waals surface area contributed by atoms with Crippen molar-refractivity contribution in [1.29, 1.82) is 0 Å². The summed E-state index contributed by atoms with van der Waals surface area (Å²) in [6.07, 6.45) is 7.84. The average molecular weight is 277 g/mol. The first kappa shape index (κ1) is 15.2. The summed E-state index contributed by atoms with van der Waals surface area (Å²) in [5.74, 6) is 1.64. The first-order chi connectivity index (χ1) is 9.79. The summed E-state index contributed by atoms with van der Waals surface area (Å²) in [6, 6.07) is 7.62. The average Bonchev–Trinajstić information content (AvgIpc) is 2.49. The predicted molar refractivity (Wildman–Crippen MR) is 83.0 cm³/mol. The minimum Gasteiger partial charge on any atom is -0.491 e. The SMILES string of the molecule is CCC1CCCC(OCCCOc2ccccc2N)C1. The molecule has 2 rings (SSSR count). The highest BCUT2D eigenvalue weighted by Gasteiger charge is 2.20. The van der Waals surface area contributed by atoms with Crippen molar-refractivity contribution in [3.05, 3.63) is 24.3 Å². The Morgan fingerprint density at radius 2 is 2.05 bits per heavy atom. The van der Waals surface area contributed by atoms with Gasteiger partial charge < -0.3 is 15.2 Å². The molecule has 0 bridgehead atoms. The number of hydrogen-bond donors (Lipinski definition) is 1. The Morgan fingerprint density at radius 3 is 2.85 bits per heavy atom. The maximum absolute atomic E-state index is 5.97. The number of nitrogens with two attached hydrogens (primary N) is 1. The van der Waals surface area contributed by atoms with Crippen molar-refractivity contribution in [2.24, 2.45) is 5.92 Å². The fourth-order valence-corrected chi connectivity index (χ4v) is 2.87. The molecule has 0 heterocycles. The molecule has 2 unspecified atom stereocenters. The minimum absolute atomic E-state index is 0.468. The second-order valence-corrected chi connectivity index (χ2v) is 5.67. The number of benzene rings is 1. The largest absolute Gasteiger partial charge is 0.491 e. The first-order valence-corrected chi connectivity index (χ1v) is 7.88. The van der Waals surface area contributed by atoms with Crippen LogP contribution < -0.4 is 10.5 Å². The zero-order valence-corrected chi connectivity index (χ0v) is 12.5. The zero-order valence-electron chi connectivity index (χ0n) is 12.5. The molecule has 0 radical (unpaired) electrons. The molecule has 1 saturated carbocycles. The molecule has 0 spiro atoms. The van der Waals surface area contributed by atoms with Gasteiger partial charge in [0.15, 0.2) is 0 Å². The lowest BCUT2D eigenvalue weighted by Crippen LogP contribution is -2.23. The van der Waals surface area contributed by atoms with E-state index in [0.29, 0.717) is 18.4 Å². The maximum Gasteiger partial charge on any atom is 0.142 e. The van der Waals surface area contributed by atoms with Gasteiger partial charge in [-0.2, -0.15) is 0 Å². The lowest BCUT2D eigenvalue weighted by Gasteiger charge is -2.28. The van der Waals surface area contributed by atoms with E-state index in [1.807, 2.05) is 24.3 Å². The second kappa shape index (κ2) is 8.15. The van der Waals surface area contributed by atoms with Crippen molar-refractivity contribution in [1.82, 2.24) is 0 Å². The maximum atomic E-state index is 5.97. The molecule has 112 valence electrons. The van der Waals surface area contributed by atoms with Crippen molar-refractivity contribution < 1.29 is 9.47 Å². The monoisotopic (exact) mass is 277 g/mol. The van der Waals surface area contributed by atoms with E-state index in [-0.39, 0.29) is 0 Å². The molecule has 2 atom stereocenters. The molecule has 1 aromatic carbocycles. The molecule has 1 aliphatic rings. The Kier molecular flexibility index (Phi) is 6.19. The third-order valence-electron chi connectivity index (χ3n) is 4.13. The molecule has 1 fully saturated rings. The molecule has 1 aromatic rings. The molecule has 20 heavy (non-hydrogen) atoms. The quantitative estimate of drug-likeness (QED) is 0.604. The molecule has 3 nitrogen and oxygen atoms in total. The molecule has 0 aliphatic heterocycles.